The molecule has 0 aromatic heterocycles. The maximum atomic E-state index is 11.9. The Kier molecular flexibility index (Phi) is 3.99. The van der Waals surface area contributed by atoms with Gasteiger partial charge < -0.3 is 10.6 Å². The maximum Gasteiger partial charge on any atom is 0.228 e. The Balaban J connectivity index is 1.61. The van der Waals surface area contributed by atoms with Crippen LogP contribution in [0.3, 0.4) is 0 Å². The predicted molar refractivity (Wildman–Crippen MR) is 97.6 cm³/mol. The summed E-state index contributed by atoms with van der Waals surface area (Å²) < 4.78 is 0. The molecule has 0 saturated heterocycles. The summed E-state index contributed by atoms with van der Waals surface area (Å²) in [5.41, 5.74) is 4.21. The van der Waals surface area contributed by atoms with E-state index in [0.717, 1.165) is 40.9 Å². The van der Waals surface area contributed by atoms with Crippen LogP contribution in [0.15, 0.2) is 42.2 Å². The lowest BCUT2D eigenvalue weighted by atomic mass is 9.97. The van der Waals surface area contributed by atoms with Crippen molar-refractivity contribution in [1.82, 2.24) is 10.6 Å². The molecule has 4 rings (SSSR count). The van der Waals surface area contributed by atoms with Crippen LogP contribution in [0.4, 0.5) is 0 Å². The van der Waals surface area contributed by atoms with Crippen LogP contribution in [0.25, 0.3) is 17.2 Å². The van der Waals surface area contributed by atoms with Gasteiger partial charge in [-0.05, 0) is 59.9 Å². The number of halogens is 2. The van der Waals surface area contributed by atoms with Gasteiger partial charge in [0.15, 0.2) is 0 Å². The van der Waals surface area contributed by atoms with E-state index < -0.39 is 0 Å². The Morgan fingerprint density at radius 1 is 1.12 bits per heavy atom. The molecule has 2 aromatic rings. The fraction of sp³-hybridized carbons (Fsp3) is 0.211. The van der Waals surface area contributed by atoms with Crippen molar-refractivity contribution in [1.29, 1.82) is 0 Å². The van der Waals surface area contributed by atoms with E-state index in [1.165, 1.54) is 0 Å². The average molecular weight is 359 g/mol. The highest BCUT2D eigenvalue weighted by atomic mass is 35.5. The second-order valence-corrected chi connectivity index (χ2v) is 7.06. The molecule has 1 amide bonds. The summed E-state index contributed by atoms with van der Waals surface area (Å²) >= 11 is 12.4. The Morgan fingerprint density at radius 3 is 2.75 bits per heavy atom. The van der Waals surface area contributed by atoms with E-state index in [1.54, 1.807) is 6.07 Å². The summed E-state index contributed by atoms with van der Waals surface area (Å²) in [6.45, 7) is 0.665. The summed E-state index contributed by atoms with van der Waals surface area (Å²) in [4.78, 5) is 11.9. The number of hydrogen-bond acceptors (Lipinski definition) is 2. The molecule has 1 aliphatic carbocycles. The van der Waals surface area contributed by atoms with E-state index >= 15 is 0 Å². The van der Waals surface area contributed by atoms with Crippen molar-refractivity contribution < 1.29 is 4.79 Å². The minimum absolute atomic E-state index is 0.111. The average Bonchev–Trinajstić information content (AvgIpc) is 3.42. The van der Waals surface area contributed by atoms with E-state index in [0.29, 0.717) is 16.6 Å². The van der Waals surface area contributed by atoms with Crippen molar-refractivity contribution in [3.63, 3.8) is 0 Å². The molecule has 2 aliphatic rings. The van der Waals surface area contributed by atoms with E-state index in [9.17, 15) is 4.79 Å². The van der Waals surface area contributed by atoms with Crippen LogP contribution in [0.5, 0.6) is 0 Å². The summed E-state index contributed by atoms with van der Waals surface area (Å²) in [6.07, 6.45) is 3.97. The van der Waals surface area contributed by atoms with Crippen molar-refractivity contribution in [2.75, 3.05) is 0 Å². The van der Waals surface area contributed by atoms with Gasteiger partial charge in [-0.15, -0.1) is 0 Å². The molecule has 1 saturated carbocycles. The molecule has 0 spiro atoms. The van der Waals surface area contributed by atoms with Gasteiger partial charge in [-0.25, -0.2) is 0 Å². The lowest BCUT2D eigenvalue weighted by Crippen LogP contribution is -2.33. The van der Waals surface area contributed by atoms with Crippen molar-refractivity contribution in [2.24, 2.45) is 5.92 Å². The zero-order valence-electron chi connectivity index (χ0n) is 12.9. The molecule has 0 atom stereocenters. The van der Waals surface area contributed by atoms with E-state index in [-0.39, 0.29) is 11.8 Å². The molecule has 2 aromatic carbocycles. The highest BCUT2D eigenvalue weighted by molar-refractivity contribution is 6.35. The second-order valence-electron chi connectivity index (χ2n) is 6.21. The van der Waals surface area contributed by atoms with Gasteiger partial charge in [0.05, 0.1) is 0 Å². The molecule has 5 heteroatoms. The molecule has 1 aliphatic heterocycles. The number of amides is 1. The first-order chi connectivity index (χ1) is 11.6. The van der Waals surface area contributed by atoms with Crippen molar-refractivity contribution in [2.45, 2.75) is 19.4 Å². The topological polar surface area (TPSA) is 41.1 Å². The van der Waals surface area contributed by atoms with E-state index in [4.69, 9.17) is 23.2 Å². The molecular formula is C19H16Cl2N2O. The molecule has 0 radical (unpaired) electrons. The number of nitrogens with one attached hydrogen (secondary N) is 2. The summed E-state index contributed by atoms with van der Waals surface area (Å²) in [7, 11) is 0. The van der Waals surface area contributed by atoms with Crippen LogP contribution < -0.4 is 10.6 Å². The van der Waals surface area contributed by atoms with Crippen LogP contribution >= 0.6 is 23.2 Å². The number of fused-ring (bicyclic) bond motifs is 1. The lowest BCUT2D eigenvalue weighted by molar-refractivity contribution is -0.121. The molecule has 3 nitrogen and oxygen atoms in total. The smallest absolute Gasteiger partial charge is 0.228 e. The fourth-order valence-electron chi connectivity index (χ4n) is 2.84. The molecule has 1 fully saturated rings. The number of benzene rings is 2. The second kappa shape index (κ2) is 6.15. The van der Waals surface area contributed by atoms with Crippen molar-refractivity contribution in [3.8, 4) is 11.1 Å². The van der Waals surface area contributed by atoms with E-state index in [1.807, 2.05) is 30.3 Å². The Hall–Kier alpha value is -1.97. The fourth-order valence-corrected chi connectivity index (χ4v) is 3.24. The molecule has 0 unspecified atom stereocenters. The first kappa shape index (κ1) is 15.6. The number of rotatable bonds is 3. The standard InChI is InChI=1S/C19H16Cl2N2O/c20-15-5-6-17(21)16(9-15)13-4-3-12-8-18(22-10-14(12)7-13)23-19(24)11-1-2-11/h3-9,11,22H,1-2,10H2,(H,23,24). The highest BCUT2D eigenvalue weighted by Crippen LogP contribution is 2.33. The van der Waals surface area contributed by atoms with Crippen LogP contribution in [0, 0.1) is 5.92 Å². The maximum absolute atomic E-state index is 11.9. The summed E-state index contributed by atoms with van der Waals surface area (Å²) in [5, 5.41) is 7.56. The van der Waals surface area contributed by atoms with Gasteiger partial charge in [0.25, 0.3) is 0 Å². The zero-order chi connectivity index (χ0) is 16.7. The Labute approximate surface area is 150 Å². The monoisotopic (exact) mass is 358 g/mol. The summed E-state index contributed by atoms with van der Waals surface area (Å²) in [5.74, 6) is 1.08. The summed E-state index contributed by atoms with van der Waals surface area (Å²) in [6, 6.07) is 11.6. The van der Waals surface area contributed by atoms with Crippen LogP contribution in [0.2, 0.25) is 10.0 Å². The molecule has 24 heavy (non-hydrogen) atoms. The van der Waals surface area contributed by atoms with Gasteiger partial charge in [0.1, 0.15) is 5.82 Å². The molecular weight excluding hydrogens is 343 g/mol. The molecule has 122 valence electrons. The number of carbonyl (C=O) groups excluding carboxylic acids is 1. The molecule has 1 heterocycles. The van der Waals surface area contributed by atoms with Gasteiger partial charge in [0, 0.05) is 28.1 Å². The minimum Gasteiger partial charge on any atom is -0.367 e. The van der Waals surface area contributed by atoms with Crippen LogP contribution in [-0.2, 0) is 11.3 Å². The predicted octanol–water partition coefficient (Wildman–Crippen LogP) is 4.59. The van der Waals surface area contributed by atoms with Crippen molar-refractivity contribution >= 4 is 35.2 Å². The highest BCUT2D eigenvalue weighted by Gasteiger charge is 2.30. The van der Waals surface area contributed by atoms with Crippen LogP contribution in [-0.4, -0.2) is 5.91 Å². The quantitative estimate of drug-likeness (QED) is 0.842. The minimum atomic E-state index is 0.111. The number of carbonyl (C=O) groups is 1. The first-order valence-electron chi connectivity index (χ1n) is 7.95. The molecule has 0 bridgehead atoms. The third kappa shape index (κ3) is 3.14. The normalized spacial score (nSPS) is 16.0. The Morgan fingerprint density at radius 2 is 1.96 bits per heavy atom. The SMILES string of the molecule is O=C(NC1=Cc2ccc(-c3cc(Cl)ccc3Cl)cc2CN1)C1CC1. The Bertz CT molecular complexity index is 856. The third-order valence-electron chi connectivity index (χ3n) is 4.36. The lowest BCUT2D eigenvalue weighted by Gasteiger charge is -2.20. The van der Waals surface area contributed by atoms with Gasteiger partial charge in [-0.1, -0.05) is 35.3 Å². The van der Waals surface area contributed by atoms with Gasteiger partial charge in [0.2, 0.25) is 5.91 Å². The third-order valence-corrected chi connectivity index (χ3v) is 4.92. The van der Waals surface area contributed by atoms with Gasteiger partial charge in [-0.3, -0.25) is 4.79 Å². The first-order valence-corrected chi connectivity index (χ1v) is 8.70. The van der Waals surface area contributed by atoms with Gasteiger partial charge in [-0.2, -0.15) is 0 Å². The van der Waals surface area contributed by atoms with E-state index in [2.05, 4.69) is 16.7 Å². The van der Waals surface area contributed by atoms with Crippen LogP contribution in [0.1, 0.15) is 24.0 Å². The van der Waals surface area contributed by atoms with Gasteiger partial charge >= 0.3 is 0 Å². The number of hydrogen-bond donors (Lipinski definition) is 2. The largest absolute Gasteiger partial charge is 0.367 e. The van der Waals surface area contributed by atoms with Crippen molar-refractivity contribution in [3.05, 3.63) is 63.4 Å². The zero-order valence-corrected chi connectivity index (χ0v) is 14.4. The molecule has 2 N–H and O–H groups in total.